The summed E-state index contributed by atoms with van der Waals surface area (Å²) in [6.07, 6.45) is 8.37. The van der Waals surface area contributed by atoms with Crippen molar-refractivity contribution >= 4 is 76.5 Å². The minimum absolute atomic E-state index is 0.154. The van der Waals surface area contributed by atoms with Crippen molar-refractivity contribution in [1.29, 1.82) is 0 Å². The van der Waals surface area contributed by atoms with Gasteiger partial charge in [-0.1, -0.05) is 42.3 Å². The van der Waals surface area contributed by atoms with Crippen molar-refractivity contribution in [1.82, 2.24) is 30.0 Å². The van der Waals surface area contributed by atoms with Crippen molar-refractivity contribution in [2.75, 3.05) is 75.2 Å². The first-order valence-electron chi connectivity index (χ1n) is 22.3. The molecule has 0 saturated carbocycles. The Balaban J connectivity index is 0.749. The lowest BCUT2D eigenvalue weighted by Gasteiger charge is -2.43. The number of fused-ring (bicyclic) bond motifs is 1. The number of rotatable bonds is 15. The van der Waals surface area contributed by atoms with Gasteiger partial charge in [0, 0.05) is 87.3 Å². The van der Waals surface area contributed by atoms with E-state index in [9.17, 15) is 23.7 Å². The molecule has 3 N–H and O–H groups in total. The molecular formula is C47H57ClN9O6P. The molecule has 4 amide bonds. The number of benzene rings is 3. The molecule has 64 heavy (non-hydrogen) atoms. The number of methoxy groups -OCH3 is 1. The SMILES string of the molecule is COc1cc(N2CCC(N3CCN(C(=O)CCCCCc4ccc5c(c4)CN(C4CCC(=O)NC4=O)C5=O)CC3)CC2)ccc1Nc1ncc(Cl)c(Nc2ccccc2P(C)(C)=O)n1. The Kier molecular flexibility index (Phi) is 13.9. The average molecular weight is 910 g/mol. The van der Waals surface area contributed by atoms with Gasteiger partial charge >= 0.3 is 0 Å². The number of amides is 4. The van der Waals surface area contributed by atoms with E-state index in [1.165, 1.54) is 6.20 Å². The molecule has 1 unspecified atom stereocenters. The molecule has 17 heteroatoms. The molecule has 4 aromatic rings. The third kappa shape index (κ3) is 10.4. The first kappa shape index (κ1) is 45.1. The normalized spacial score (nSPS) is 18.5. The molecular weight excluding hydrogens is 853 g/mol. The highest BCUT2D eigenvalue weighted by atomic mass is 35.5. The number of halogens is 1. The first-order chi connectivity index (χ1) is 30.8. The average Bonchev–Trinajstić information content (AvgIpc) is 3.61. The maximum atomic E-state index is 13.2. The number of nitrogens with one attached hydrogen (secondary N) is 3. The number of anilines is 5. The summed E-state index contributed by atoms with van der Waals surface area (Å²) in [5.74, 6) is 0.787. The van der Waals surface area contributed by atoms with Gasteiger partial charge in [-0.15, -0.1) is 0 Å². The summed E-state index contributed by atoms with van der Waals surface area (Å²) in [6, 6.07) is 19.3. The largest absolute Gasteiger partial charge is 0.494 e. The number of carbonyl (C=O) groups is 4. The quantitative estimate of drug-likeness (QED) is 0.0670. The van der Waals surface area contributed by atoms with E-state index in [0.29, 0.717) is 70.2 Å². The van der Waals surface area contributed by atoms with Gasteiger partial charge in [0.25, 0.3) is 5.91 Å². The van der Waals surface area contributed by atoms with Crippen LogP contribution >= 0.6 is 18.7 Å². The van der Waals surface area contributed by atoms with E-state index in [4.69, 9.17) is 16.3 Å². The number of nitrogens with zero attached hydrogens (tertiary/aromatic N) is 6. The van der Waals surface area contributed by atoms with E-state index >= 15 is 0 Å². The van der Waals surface area contributed by atoms with Crippen LogP contribution in [0.25, 0.3) is 0 Å². The molecule has 0 bridgehead atoms. The van der Waals surface area contributed by atoms with Crippen molar-refractivity contribution in [3.8, 4) is 5.75 Å². The molecule has 3 fully saturated rings. The van der Waals surface area contributed by atoms with Gasteiger partial charge in [-0.3, -0.25) is 29.4 Å². The summed E-state index contributed by atoms with van der Waals surface area (Å²) in [5, 5.41) is 9.93. The number of hydrogen-bond acceptors (Lipinski definition) is 12. The molecule has 4 aliphatic heterocycles. The van der Waals surface area contributed by atoms with E-state index in [1.54, 1.807) is 25.3 Å². The fourth-order valence-electron chi connectivity index (χ4n) is 9.34. The van der Waals surface area contributed by atoms with Crippen LogP contribution in [0.1, 0.15) is 72.9 Å². The summed E-state index contributed by atoms with van der Waals surface area (Å²) in [6.45, 7) is 8.98. The Bertz CT molecular complexity index is 2450. The molecule has 1 aromatic heterocycles. The third-order valence-corrected chi connectivity index (χ3v) is 14.7. The summed E-state index contributed by atoms with van der Waals surface area (Å²) in [4.78, 5) is 67.7. The minimum atomic E-state index is -2.55. The van der Waals surface area contributed by atoms with E-state index in [0.717, 1.165) is 94.6 Å². The Morgan fingerprint density at radius 3 is 2.44 bits per heavy atom. The van der Waals surface area contributed by atoms with Crippen LogP contribution in [-0.2, 0) is 31.9 Å². The number of carbonyl (C=O) groups excluding carboxylic acids is 4. The number of piperazine rings is 1. The highest BCUT2D eigenvalue weighted by Crippen LogP contribution is 2.39. The first-order valence-corrected chi connectivity index (χ1v) is 25.2. The zero-order valence-electron chi connectivity index (χ0n) is 36.8. The van der Waals surface area contributed by atoms with Gasteiger partial charge in [0.05, 0.1) is 24.7 Å². The molecule has 338 valence electrons. The molecule has 1 atom stereocenters. The number of piperidine rings is 2. The van der Waals surface area contributed by atoms with Crippen LogP contribution in [0, 0.1) is 0 Å². The number of imide groups is 1. The number of ether oxygens (including phenoxy) is 1. The van der Waals surface area contributed by atoms with Gasteiger partial charge in [-0.2, -0.15) is 4.98 Å². The number of aromatic nitrogens is 2. The maximum Gasteiger partial charge on any atom is 0.255 e. The van der Waals surface area contributed by atoms with Crippen LogP contribution in [0.15, 0.2) is 66.9 Å². The second-order valence-corrected chi connectivity index (χ2v) is 21.1. The molecule has 3 aromatic carbocycles. The topological polar surface area (TPSA) is 169 Å². The van der Waals surface area contributed by atoms with Gasteiger partial charge in [-0.25, -0.2) is 4.98 Å². The number of hydrogen-bond donors (Lipinski definition) is 3. The molecule has 5 heterocycles. The van der Waals surface area contributed by atoms with Crippen LogP contribution in [0.5, 0.6) is 5.75 Å². The fraction of sp³-hybridized carbons (Fsp3) is 0.447. The van der Waals surface area contributed by atoms with Crippen molar-refractivity contribution in [3.05, 3.63) is 88.6 Å². The highest BCUT2D eigenvalue weighted by Gasteiger charge is 2.39. The van der Waals surface area contributed by atoms with Crippen molar-refractivity contribution in [2.24, 2.45) is 0 Å². The summed E-state index contributed by atoms with van der Waals surface area (Å²) >= 11 is 6.48. The van der Waals surface area contributed by atoms with E-state index in [2.05, 4.69) is 47.9 Å². The molecule has 0 radical (unpaired) electrons. The van der Waals surface area contributed by atoms with Crippen LogP contribution < -0.4 is 30.9 Å². The lowest BCUT2D eigenvalue weighted by molar-refractivity contribution is -0.137. The van der Waals surface area contributed by atoms with Gasteiger partial charge in [0.2, 0.25) is 23.7 Å². The van der Waals surface area contributed by atoms with E-state index in [-0.39, 0.29) is 24.1 Å². The lowest BCUT2D eigenvalue weighted by Crippen LogP contribution is -2.54. The highest BCUT2D eigenvalue weighted by molar-refractivity contribution is 7.70. The van der Waals surface area contributed by atoms with Gasteiger partial charge in [-0.05, 0) is 93.3 Å². The van der Waals surface area contributed by atoms with Crippen molar-refractivity contribution in [2.45, 2.75) is 76.4 Å². The van der Waals surface area contributed by atoms with Crippen molar-refractivity contribution in [3.63, 3.8) is 0 Å². The predicted molar refractivity (Wildman–Crippen MR) is 250 cm³/mol. The van der Waals surface area contributed by atoms with E-state index < -0.39 is 19.1 Å². The standard InChI is InChI=1S/C47H57ClN9O6P/c1-63-40-28-34(14-16-37(40)51-47-49-29-36(48)44(53-47)50-38-10-7-8-11-41(38)64(2,3)62)54-21-19-33(20-22-54)55-23-25-56(26-24-55)43(59)12-6-4-5-9-31-13-15-35-32(27-31)30-57(46(35)61)39-17-18-42(58)52-45(39)60/h7-8,10-11,13-16,27-29,33,39H,4-6,9,12,17-26,30H2,1-3H3,(H,52,58,60)(H2,49,50,51,53). The van der Waals surface area contributed by atoms with Gasteiger partial charge in [0.1, 0.15) is 24.0 Å². The summed E-state index contributed by atoms with van der Waals surface area (Å²) in [5.41, 5.74) is 5.18. The zero-order chi connectivity index (χ0) is 45.0. The summed E-state index contributed by atoms with van der Waals surface area (Å²) < 4.78 is 18.7. The Hall–Kier alpha value is -5.50. The monoisotopic (exact) mass is 909 g/mol. The van der Waals surface area contributed by atoms with Gasteiger partial charge < -0.3 is 34.6 Å². The van der Waals surface area contributed by atoms with E-state index in [1.807, 2.05) is 53.4 Å². The van der Waals surface area contributed by atoms with Crippen LogP contribution in [-0.4, -0.2) is 120 Å². The molecule has 15 nitrogen and oxygen atoms in total. The van der Waals surface area contributed by atoms with Gasteiger partial charge in [0.15, 0.2) is 5.82 Å². The lowest BCUT2D eigenvalue weighted by atomic mass is 10.0. The molecule has 4 aliphatic rings. The van der Waals surface area contributed by atoms with Crippen LogP contribution in [0.2, 0.25) is 5.02 Å². The predicted octanol–water partition coefficient (Wildman–Crippen LogP) is 6.55. The Morgan fingerprint density at radius 2 is 1.69 bits per heavy atom. The Labute approximate surface area is 379 Å². The molecule has 3 saturated heterocycles. The second-order valence-electron chi connectivity index (χ2n) is 17.5. The Morgan fingerprint density at radius 1 is 0.906 bits per heavy atom. The van der Waals surface area contributed by atoms with Crippen molar-refractivity contribution < 1.29 is 28.5 Å². The summed E-state index contributed by atoms with van der Waals surface area (Å²) in [7, 11) is -0.909. The smallest absolute Gasteiger partial charge is 0.255 e. The molecule has 0 spiro atoms. The number of aryl methyl sites for hydroxylation is 1. The second kappa shape index (κ2) is 19.7. The maximum absolute atomic E-state index is 13.2. The molecule has 0 aliphatic carbocycles. The fourth-order valence-corrected chi connectivity index (χ4v) is 10.6. The molecule has 8 rings (SSSR count). The zero-order valence-corrected chi connectivity index (χ0v) is 38.4. The van der Waals surface area contributed by atoms with Crippen LogP contribution in [0.4, 0.5) is 28.8 Å². The minimum Gasteiger partial charge on any atom is -0.494 e. The number of unbranched alkanes of at least 4 members (excludes halogenated alkanes) is 2. The number of para-hydroxylation sites is 1. The third-order valence-electron chi connectivity index (χ3n) is 12.9. The van der Waals surface area contributed by atoms with Crippen LogP contribution in [0.3, 0.4) is 0 Å².